The molecule has 0 unspecified atom stereocenters. The first kappa shape index (κ1) is 23.8. The first-order valence-electron chi connectivity index (χ1n) is 10.7. The number of ether oxygens (including phenoxy) is 2. The highest BCUT2D eigenvalue weighted by Crippen LogP contribution is 2.40. The van der Waals surface area contributed by atoms with Crippen LogP contribution in [0.4, 0.5) is 0 Å². The minimum Gasteiger partial charge on any atom is -0.507 e. The lowest BCUT2D eigenvalue weighted by Crippen LogP contribution is -2.31. The third kappa shape index (κ3) is 5.31. The second-order valence-corrected chi connectivity index (χ2v) is 8.21. The summed E-state index contributed by atoms with van der Waals surface area (Å²) >= 11 is 5.96. The third-order valence-electron chi connectivity index (χ3n) is 5.16. The Labute approximate surface area is 193 Å². The topological polar surface area (TPSA) is 76.1 Å². The molecule has 170 valence electrons. The van der Waals surface area contributed by atoms with Crippen molar-refractivity contribution in [2.75, 3.05) is 19.8 Å². The number of aliphatic hydroxyl groups is 1. The van der Waals surface area contributed by atoms with E-state index in [1.807, 2.05) is 32.9 Å². The van der Waals surface area contributed by atoms with Gasteiger partial charge in [0.2, 0.25) is 0 Å². The Morgan fingerprint density at radius 2 is 1.75 bits per heavy atom. The Kier molecular flexibility index (Phi) is 7.94. The zero-order valence-corrected chi connectivity index (χ0v) is 19.3. The molecule has 1 amide bonds. The van der Waals surface area contributed by atoms with Gasteiger partial charge in [-0.3, -0.25) is 9.59 Å². The number of Topliss-reactive ketones (excluding diaryl/α,β-unsaturated/α-hetero) is 1. The molecule has 0 saturated carbocycles. The van der Waals surface area contributed by atoms with E-state index in [0.29, 0.717) is 48.1 Å². The van der Waals surface area contributed by atoms with Crippen molar-refractivity contribution in [2.45, 2.75) is 39.3 Å². The molecule has 2 aromatic rings. The van der Waals surface area contributed by atoms with Crippen molar-refractivity contribution in [3.63, 3.8) is 0 Å². The molecule has 0 aromatic heterocycles. The number of hydrogen-bond acceptors (Lipinski definition) is 5. The number of amides is 1. The Hall–Kier alpha value is -2.83. The van der Waals surface area contributed by atoms with Crippen LogP contribution in [0.5, 0.6) is 5.75 Å². The van der Waals surface area contributed by atoms with E-state index in [2.05, 4.69) is 0 Å². The summed E-state index contributed by atoms with van der Waals surface area (Å²) in [4.78, 5) is 27.4. The van der Waals surface area contributed by atoms with E-state index in [1.54, 1.807) is 36.4 Å². The Balaban J connectivity index is 2.01. The lowest BCUT2D eigenvalue weighted by atomic mass is 9.95. The number of nitrogens with zero attached hydrogens (tertiary/aromatic N) is 1. The van der Waals surface area contributed by atoms with Crippen molar-refractivity contribution >= 4 is 29.1 Å². The highest BCUT2D eigenvalue weighted by molar-refractivity contribution is 6.46. The normalized spacial score (nSPS) is 17.9. The smallest absolute Gasteiger partial charge is 0.295 e. The lowest BCUT2D eigenvalue weighted by molar-refractivity contribution is -0.140. The molecule has 32 heavy (non-hydrogen) atoms. The number of hydrogen-bond donors (Lipinski definition) is 1. The minimum atomic E-state index is -0.708. The van der Waals surface area contributed by atoms with Gasteiger partial charge in [-0.25, -0.2) is 0 Å². The number of aliphatic hydroxyl groups excluding tert-OH is 1. The molecule has 1 aliphatic rings. The molecule has 1 aliphatic heterocycles. The van der Waals surface area contributed by atoms with Crippen molar-refractivity contribution in [1.29, 1.82) is 0 Å². The van der Waals surface area contributed by atoms with Crippen LogP contribution < -0.4 is 4.74 Å². The maximum absolute atomic E-state index is 13.0. The number of benzene rings is 2. The first-order chi connectivity index (χ1) is 15.3. The summed E-state index contributed by atoms with van der Waals surface area (Å²) in [6.07, 6.45) is 0.650. The monoisotopic (exact) mass is 457 g/mol. The second-order valence-electron chi connectivity index (χ2n) is 7.77. The Morgan fingerprint density at radius 3 is 2.34 bits per heavy atom. The van der Waals surface area contributed by atoms with Crippen LogP contribution in [0.1, 0.15) is 44.4 Å². The number of likely N-dealkylation sites (tertiary alicyclic amines) is 1. The van der Waals surface area contributed by atoms with E-state index in [0.717, 1.165) is 0 Å². The van der Waals surface area contributed by atoms with E-state index in [4.69, 9.17) is 21.1 Å². The van der Waals surface area contributed by atoms with Crippen molar-refractivity contribution in [2.24, 2.45) is 0 Å². The van der Waals surface area contributed by atoms with Crippen LogP contribution in [-0.2, 0) is 14.3 Å². The predicted octanol–water partition coefficient (Wildman–Crippen LogP) is 4.98. The Bertz CT molecular complexity index is 982. The number of carbonyl (C=O) groups is 2. The molecule has 2 aromatic carbocycles. The number of ketones is 1. The summed E-state index contributed by atoms with van der Waals surface area (Å²) in [5.41, 5.74) is 1.20. The number of rotatable bonds is 9. The van der Waals surface area contributed by atoms with Crippen molar-refractivity contribution in [3.8, 4) is 5.75 Å². The van der Waals surface area contributed by atoms with Gasteiger partial charge in [-0.1, -0.05) is 23.7 Å². The summed E-state index contributed by atoms with van der Waals surface area (Å²) in [7, 11) is 0. The van der Waals surface area contributed by atoms with Crippen LogP contribution in [0, 0.1) is 0 Å². The molecule has 0 spiro atoms. The molecule has 7 heteroatoms. The molecule has 0 bridgehead atoms. The van der Waals surface area contributed by atoms with Crippen molar-refractivity contribution in [3.05, 3.63) is 70.3 Å². The molecule has 0 radical (unpaired) electrons. The average Bonchev–Trinajstić information content (AvgIpc) is 3.02. The molecule has 1 saturated heterocycles. The minimum absolute atomic E-state index is 0.0614. The molecule has 1 N–H and O–H groups in total. The average molecular weight is 458 g/mol. The highest BCUT2D eigenvalue weighted by Gasteiger charge is 2.45. The third-order valence-corrected chi connectivity index (χ3v) is 5.41. The summed E-state index contributed by atoms with van der Waals surface area (Å²) in [5, 5.41) is 11.5. The van der Waals surface area contributed by atoms with Crippen LogP contribution in [0.3, 0.4) is 0 Å². The number of carbonyl (C=O) groups excluding carboxylic acids is 2. The Morgan fingerprint density at radius 1 is 1.09 bits per heavy atom. The maximum atomic E-state index is 13.0. The summed E-state index contributed by atoms with van der Waals surface area (Å²) in [6, 6.07) is 13.0. The first-order valence-corrected chi connectivity index (χ1v) is 11.1. The van der Waals surface area contributed by atoms with Gasteiger partial charge in [0, 0.05) is 23.7 Å². The van der Waals surface area contributed by atoms with E-state index < -0.39 is 17.7 Å². The van der Waals surface area contributed by atoms with Crippen LogP contribution >= 0.6 is 11.6 Å². The molecule has 1 heterocycles. The van der Waals surface area contributed by atoms with Gasteiger partial charge in [0.25, 0.3) is 11.7 Å². The van der Waals surface area contributed by atoms with Gasteiger partial charge in [0.1, 0.15) is 11.5 Å². The summed E-state index contributed by atoms with van der Waals surface area (Å²) in [5.74, 6) is -0.874. The number of halogens is 1. The predicted molar refractivity (Wildman–Crippen MR) is 124 cm³/mol. The van der Waals surface area contributed by atoms with Crippen LogP contribution in [0.25, 0.3) is 5.76 Å². The van der Waals surface area contributed by atoms with Gasteiger partial charge >= 0.3 is 0 Å². The zero-order chi connectivity index (χ0) is 23.3. The van der Waals surface area contributed by atoms with E-state index in [-0.39, 0.29) is 17.4 Å². The SMILES string of the molecule is CCOc1ccc([C@@H]2C(=C(O)c3ccc(Cl)cc3)C(=O)C(=O)N2CCCOC(C)C)cc1. The van der Waals surface area contributed by atoms with E-state index in [9.17, 15) is 14.7 Å². The fourth-order valence-electron chi connectivity index (χ4n) is 3.69. The molecular formula is C25H28ClNO5. The van der Waals surface area contributed by atoms with Crippen LogP contribution in [0.2, 0.25) is 5.02 Å². The van der Waals surface area contributed by atoms with Gasteiger partial charge in [0.15, 0.2) is 0 Å². The quantitative estimate of drug-likeness (QED) is 0.249. The van der Waals surface area contributed by atoms with Crippen molar-refractivity contribution < 1.29 is 24.2 Å². The molecule has 1 atom stereocenters. The van der Waals surface area contributed by atoms with Gasteiger partial charge in [-0.15, -0.1) is 0 Å². The molecule has 3 rings (SSSR count). The second kappa shape index (κ2) is 10.7. The lowest BCUT2D eigenvalue weighted by Gasteiger charge is -2.25. The maximum Gasteiger partial charge on any atom is 0.295 e. The summed E-state index contributed by atoms with van der Waals surface area (Å²) < 4.78 is 11.1. The van der Waals surface area contributed by atoms with Crippen molar-refractivity contribution in [1.82, 2.24) is 4.90 Å². The molecule has 6 nitrogen and oxygen atoms in total. The van der Waals surface area contributed by atoms with E-state index in [1.165, 1.54) is 4.90 Å². The largest absolute Gasteiger partial charge is 0.507 e. The van der Waals surface area contributed by atoms with Gasteiger partial charge in [0.05, 0.1) is 24.3 Å². The standard InChI is InChI=1S/C25H28ClNO5/c1-4-31-20-12-8-17(9-13-20)22-21(23(28)18-6-10-19(26)11-7-18)24(29)25(30)27(22)14-5-15-32-16(2)3/h6-13,16,22,28H,4-5,14-15H2,1-3H3/t22-/m1/s1. The fourth-order valence-corrected chi connectivity index (χ4v) is 3.81. The van der Waals surface area contributed by atoms with Gasteiger partial charge in [-0.2, -0.15) is 0 Å². The van der Waals surface area contributed by atoms with Crippen LogP contribution in [-0.4, -0.2) is 47.6 Å². The fraction of sp³-hybridized carbons (Fsp3) is 0.360. The molecular weight excluding hydrogens is 430 g/mol. The van der Waals surface area contributed by atoms with Gasteiger partial charge in [-0.05, 0) is 69.2 Å². The molecule has 1 fully saturated rings. The molecule has 0 aliphatic carbocycles. The van der Waals surface area contributed by atoms with Gasteiger partial charge < -0.3 is 19.5 Å². The zero-order valence-electron chi connectivity index (χ0n) is 18.5. The van der Waals surface area contributed by atoms with E-state index >= 15 is 0 Å². The summed E-state index contributed by atoms with van der Waals surface area (Å²) in [6.45, 7) is 7.11. The van der Waals surface area contributed by atoms with Crippen LogP contribution in [0.15, 0.2) is 54.1 Å². The highest BCUT2D eigenvalue weighted by atomic mass is 35.5.